The Morgan fingerprint density at radius 1 is 1.13 bits per heavy atom. The second kappa shape index (κ2) is 5.92. The molecule has 0 radical (unpaired) electrons. The summed E-state index contributed by atoms with van der Waals surface area (Å²) in [5.74, 6) is -1.03. The normalized spacial score (nSPS) is 13.8. The van der Waals surface area contributed by atoms with E-state index >= 15 is 0 Å². The van der Waals surface area contributed by atoms with Crippen LogP contribution in [-0.4, -0.2) is 20.1 Å². The maximum absolute atomic E-state index is 13.8. The summed E-state index contributed by atoms with van der Waals surface area (Å²) in [5, 5.41) is 11.0. The number of benzene rings is 1. The molecule has 0 fully saturated rings. The van der Waals surface area contributed by atoms with E-state index in [9.17, 15) is 13.9 Å². The van der Waals surface area contributed by atoms with Gasteiger partial charge in [0, 0.05) is 6.20 Å². The highest BCUT2D eigenvalue weighted by Gasteiger charge is 2.30. The fraction of sp³-hybridized carbons (Fsp3) is 0.133. The van der Waals surface area contributed by atoms with Crippen molar-refractivity contribution in [3.8, 4) is 10.6 Å². The summed E-state index contributed by atoms with van der Waals surface area (Å²) in [6.07, 6.45) is 2.38. The lowest BCUT2D eigenvalue weighted by Crippen LogP contribution is -2.22. The standard InChI is InChI=1S/C15H10ClF2N3OS/c1-15(22,8-2-4-9(17)5-3-8)13-19-7-11(23-13)12-10(18)6-20-14(16)21-12/h2-7,22H,1H3. The van der Waals surface area contributed by atoms with Crippen LogP contribution in [0.3, 0.4) is 0 Å². The van der Waals surface area contributed by atoms with Crippen molar-refractivity contribution in [3.05, 3.63) is 64.1 Å². The second-order valence-corrected chi connectivity index (χ2v) is 6.31. The molecule has 2 aromatic heterocycles. The van der Waals surface area contributed by atoms with Crippen molar-refractivity contribution in [2.24, 2.45) is 0 Å². The molecule has 8 heteroatoms. The Morgan fingerprint density at radius 3 is 2.52 bits per heavy atom. The van der Waals surface area contributed by atoms with Crippen molar-refractivity contribution in [2.45, 2.75) is 12.5 Å². The molecule has 0 amide bonds. The number of aliphatic hydroxyl groups is 1. The zero-order valence-corrected chi connectivity index (χ0v) is 13.4. The molecular weight excluding hydrogens is 344 g/mol. The van der Waals surface area contributed by atoms with Gasteiger partial charge in [-0.25, -0.2) is 23.7 Å². The largest absolute Gasteiger partial charge is 0.378 e. The molecule has 2 heterocycles. The van der Waals surface area contributed by atoms with Gasteiger partial charge in [0.25, 0.3) is 0 Å². The van der Waals surface area contributed by atoms with Gasteiger partial charge in [-0.05, 0) is 36.2 Å². The molecule has 4 nitrogen and oxygen atoms in total. The highest BCUT2D eigenvalue weighted by Crippen LogP contribution is 2.36. The number of halogens is 3. The minimum atomic E-state index is -1.44. The first kappa shape index (κ1) is 15.9. The van der Waals surface area contributed by atoms with E-state index in [4.69, 9.17) is 11.6 Å². The maximum Gasteiger partial charge on any atom is 0.223 e. The van der Waals surface area contributed by atoms with Crippen molar-refractivity contribution in [1.82, 2.24) is 15.0 Å². The van der Waals surface area contributed by atoms with Crippen LogP contribution in [0.5, 0.6) is 0 Å². The lowest BCUT2D eigenvalue weighted by Gasteiger charge is -2.21. The van der Waals surface area contributed by atoms with Gasteiger partial charge < -0.3 is 5.11 Å². The Morgan fingerprint density at radius 2 is 1.83 bits per heavy atom. The third-order valence-electron chi connectivity index (χ3n) is 3.28. The minimum absolute atomic E-state index is 0.0173. The van der Waals surface area contributed by atoms with Crippen LogP contribution in [0.1, 0.15) is 17.5 Å². The van der Waals surface area contributed by atoms with E-state index in [0.29, 0.717) is 15.4 Å². The predicted molar refractivity (Wildman–Crippen MR) is 83.2 cm³/mol. The lowest BCUT2D eigenvalue weighted by molar-refractivity contribution is 0.102. The van der Waals surface area contributed by atoms with Crippen LogP contribution in [0.25, 0.3) is 10.6 Å². The van der Waals surface area contributed by atoms with Gasteiger partial charge in [-0.2, -0.15) is 0 Å². The highest BCUT2D eigenvalue weighted by atomic mass is 35.5. The van der Waals surface area contributed by atoms with Gasteiger partial charge in [-0.1, -0.05) is 12.1 Å². The van der Waals surface area contributed by atoms with E-state index < -0.39 is 17.2 Å². The Kier molecular flexibility index (Phi) is 4.09. The van der Waals surface area contributed by atoms with Crippen LogP contribution < -0.4 is 0 Å². The first-order chi connectivity index (χ1) is 10.9. The summed E-state index contributed by atoms with van der Waals surface area (Å²) in [4.78, 5) is 11.9. The zero-order valence-electron chi connectivity index (χ0n) is 11.8. The summed E-state index contributed by atoms with van der Waals surface area (Å²) < 4.78 is 26.8. The fourth-order valence-electron chi connectivity index (χ4n) is 2.02. The minimum Gasteiger partial charge on any atom is -0.378 e. The summed E-state index contributed by atoms with van der Waals surface area (Å²) >= 11 is 6.76. The molecule has 0 bridgehead atoms. The van der Waals surface area contributed by atoms with E-state index in [-0.39, 0.29) is 11.0 Å². The molecule has 23 heavy (non-hydrogen) atoms. The van der Waals surface area contributed by atoms with E-state index in [1.807, 2.05) is 0 Å². The van der Waals surface area contributed by atoms with E-state index in [1.165, 1.54) is 37.4 Å². The van der Waals surface area contributed by atoms with Crippen molar-refractivity contribution < 1.29 is 13.9 Å². The molecule has 0 saturated carbocycles. The average molecular weight is 354 g/mol. The van der Waals surface area contributed by atoms with Gasteiger partial charge in [0.15, 0.2) is 5.82 Å². The first-order valence-electron chi connectivity index (χ1n) is 6.51. The smallest absolute Gasteiger partial charge is 0.223 e. The van der Waals surface area contributed by atoms with Crippen molar-refractivity contribution in [3.63, 3.8) is 0 Å². The molecule has 0 aliphatic heterocycles. The number of hydrogen-bond donors (Lipinski definition) is 1. The van der Waals surface area contributed by atoms with Gasteiger partial charge in [0.05, 0.1) is 11.1 Å². The number of aromatic nitrogens is 3. The Hall–Kier alpha value is -1.96. The van der Waals surface area contributed by atoms with Gasteiger partial charge in [-0.3, -0.25) is 0 Å². The number of hydrogen-bond acceptors (Lipinski definition) is 5. The second-order valence-electron chi connectivity index (χ2n) is 4.94. The van der Waals surface area contributed by atoms with Gasteiger partial charge >= 0.3 is 0 Å². The zero-order chi connectivity index (χ0) is 16.6. The van der Waals surface area contributed by atoms with Gasteiger partial charge in [0.2, 0.25) is 5.28 Å². The Bertz CT molecular complexity index is 852. The monoisotopic (exact) mass is 353 g/mol. The van der Waals surface area contributed by atoms with Gasteiger partial charge in [0.1, 0.15) is 22.1 Å². The topological polar surface area (TPSA) is 58.9 Å². The highest BCUT2D eigenvalue weighted by molar-refractivity contribution is 7.15. The predicted octanol–water partition coefficient (Wildman–Crippen LogP) is 3.79. The quantitative estimate of drug-likeness (QED) is 0.728. The van der Waals surface area contributed by atoms with Crippen LogP contribution in [0.4, 0.5) is 8.78 Å². The first-order valence-corrected chi connectivity index (χ1v) is 7.70. The summed E-state index contributed by atoms with van der Waals surface area (Å²) in [6.45, 7) is 1.53. The number of thiazole rings is 1. The molecule has 0 aliphatic carbocycles. The number of rotatable bonds is 3. The van der Waals surface area contributed by atoms with Crippen molar-refractivity contribution in [2.75, 3.05) is 0 Å². The molecule has 0 spiro atoms. The van der Waals surface area contributed by atoms with Crippen LogP contribution >= 0.6 is 22.9 Å². The summed E-state index contributed by atoms with van der Waals surface area (Å²) in [5.41, 5.74) is -0.950. The van der Waals surface area contributed by atoms with Crippen LogP contribution in [0.2, 0.25) is 5.28 Å². The molecule has 1 N–H and O–H groups in total. The van der Waals surface area contributed by atoms with Crippen LogP contribution in [-0.2, 0) is 5.60 Å². The maximum atomic E-state index is 13.8. The fourth-order valence-corrected chi connectivity index (χ4v) is 3.13. The molecule has 3 aromatic rings. The van der Waals surface area contributed by atoms with Gasteiger partial charge in [-0.15, -0.1) is 11.3 Å². The average Bonchev–Trinajstić information content (AvgIpc) is 3.00. The molecule has 3 rings (SSSR count). The molecule has 1 atom stereocenters. The van der Waals surface area contributed by atoms with Crippen molar-refractivity contribution >= 4 is 22.9 Å². The van der Waals surface area contributed by atoms with E-state index in [0.717, 1.165) is 17.5 Å². The van der Waals surface area contributed by atoms with Crippen molar-refractivity contribution in [1.29, 1.82) is 0 Å². The molecule has 1 unspecified atom stereocenters. The van der Waals surface area contributed by atoms with Crippen LogP contribution in [0.15, 0.2) is 36.7 Å². The number of nitrogens with zero attached hydrogens (tertiary/aromatic N) is 3. The molecule has 1 aromatic carbocycles. The van der Waals surface area contributed by atoms with E-state index in [2.05, 4.69) is 15.0 Å². The Balaban J connectivity index is 2.01. The molecular formula is C15H10ClF2N3OS. The third-order valence-corrected chi connectivity index (χ3v) is 4.67. The van der Waals surface area contributed by atoms with Crippen LogP contribution in [0, 0.1) is 11.6 Å². The van der Waals surface area contributed by atoms with E-state index in [1.54, 1.807) is 0 Å². The summed E-state index contributed by atoms with van der Waals surface area (Å²) in [6, 6.07) is 5.45. The molecule has 118 valence electrons. The molecule has 0 aliphatic rings. The summed E-state index contributed by atoms with van der Waals surface area (Å²) in [7, 11) is 0. The Labute approximate surface area is 139 Å². The third kappa shape index (κ3) is 3.08. The SMILES string of the molecule is CC(O)(c1ccc(F)cc1)c1ncc(-c2nc(Cl)ncc2F)s1. The lowest BCUT2D eigenvalue weighted by atomic mass is 9.97. The molecule has 0 saturated heterocycles.